The number of carbonyl (C=O) groups excluding carboxylic acids is 2. The number of esters is 2. The van der Waals surface area contributed by atoms with Crippen molar-refractivity contribution in [3.8, 4) is 5.75 Å². The lowest BCUT2D eigenvalue weighted by atomic mass is 9.79. The first kappa shape index (κ1) is 25.6. The number of nitrogens with zero attached hydrogens (tertiary/aromatic N) is 1. The maximum atomic E-state index is 12.3. The van der Waals surface area contributed by atoms with Crippen LogP contribution in [0.15, 0.2) is 12.1 Å². The highest BCUT2D eigenvalue weighted by molar-refractivity contribution is 14.1. The Hall–Kier alpha value is 0.310. The molecule has 2 rings (SSSR count). The molecule has 0 amide bonds. The van der Waals surface area contributed by atoms with Gasteiger partial charge in [0.25, 0.3) is 0 Å². The van der Waals surface area contributed by atoms with Gasteiger partial charge in [-0.3, -0.25) is 14.5 Å². The highest BCUT2D eigenvalue weighted by Crippen LogP contribution is 2.38. The number of benzene rings is 1. The van der Waals surface area contributed by atoms with E-state index in [9.17, 15) is 9.59 Å². The number of halogens is 3. The van der Waals surface area contributed by atoms with Gasteiger partial charge in [-0.05, 0) is 121 Å². The number of rotatable bonds is 6. The van der Waals surface area contributed by atoms with E-state index in [4.69, 9.17) is 9.47 Å². The summed E-state index contributed by atoms with van der Waals surface area (Å²) in [5.74, 6) is 0.0313. The van der Waals surface area contributed by atoms with E-state index in [2.05, 4.69) is 107 Å². The van der Waals surface area contributed by atoms with Crippen LogP contribution in [-0.4, -0.2) is 41.1 Å². The van der Waals surface area contributed by atoms with Gasteiger partial charge in [-0.2, -0.15) is 0 Å². The van der Waals surface area contributed by atoms with Gasteiger partial charge in [0.15, 0.2) is 5.75 Å². The van der Waals surface area contributed by atoms with Crippen LogP contribution in [0.3, 0.4) is 0 Å². The Balaban J connectivity index is 1.81. The monoisotopic (exact) mass is 739 g/mol. The van der Waals surface area contributed by atoms with Crippen molar-refractivity contribution in [1.29, 1.82) is 0 Å². The van der Waals surface area contributed by atoms with Gasteiger partial charge < -0.3 is 9.47 Å². The summed E-state index contributed by atoms with van der Waals surface area (Å²) in [5, 5.41) is 0. The Morgan fingerprint density at radius 1 is 1.00 bits per heavy atom. The molecule has 1 aliphatic rings. The van der Waals surface area contributed by atoms with Crippen LogP contribution in [0.25, 0.3) is 0 Å². The highest BCUT2D eigenvalue weighted by Gasteiger charge is 2.44. The van der Waals surface area contributed by atoms with Crippen LogP contribution < -0.4 is 4.74 Å². The SMILES string of the molecule is CN1C(C)(C)CC(OC(=O)CCCC(=O)Oc2c(I)cc(I)cc2I)CC1(C)C. The van der Waals surface area contributed by atoms with Crippen LogP contribution >= 0.6 is 67.8 Å². The Kier molecular flexibility index (Phi) is 9.07. The maximum absolute atomic E-state index is 12.3. The molecule has 0 saturated carbocycles. The zero-order valence-corrected chi connectivity index (χ0v) is 24.0. The van der Waals surface area contributed by atoms with Crippen molar-refractivity contribution in [2.45, 2.75) is 77.0 Å². The minimum atomic E-state index is -0.323. The van der Waals surface area contributed by atoms with E-state index in [0.717, 1.165) is 23.6 Å². The molecule has 1 aromatic rings. The van der Waals surface area contributed by atoms with E-state index >= 15 is 0 Å². The molecule has 0 aromatic heterocycles. The van der Waals surface area contributed by atoms with Crippen molar-refractivity contribution in [1.82, 2.24) is 4.90 Å². The molecule has 29 heavy (non-hydrogen) atoms. The van der Waals surface area contributed by atoms with Gasteiger partial charge in [0.1, 0.15) is 6.10 Å². The lowest BCUT2D eigenvalue weighted by molar-refractivity contribution is -0.159. The fourth-order valence-electron chi connectivity index (χ4n) is 3.78. The first-order chi connectivity index (χ1) is 13.3. The number of piperidine rings is 1. The molecule has 5 nitrogen and oxygen atoms in total. The molecule has 1 fully saturated rings. The number of carbonyl (C=O) groups is 2. The third-order valence-corrected chi connectivity index (χ3v) is 7.73. The van der Waals surface area contributed by atoms with Crippen LogP contribution in [0.4, 0.5) is 0 Å². The molecule has 8 heteroatoms. The predicted molar refractivity (Wildman–Crippen MR) is 139 cm³/mol. The van der Waals surface area contributed by atoms with E-state index in [-0.39, 0.29) is 42.0 Å². The fourth-order valence-corrected chi connectivity index (χ4v) is 7.58. The second-order valence-corrected chi connectivity index (χ2v) is 12.3. The van der Waals surface area contributed by atoms with Gasteiger partial charge in [0.2, 0.25) is 0 Å². The van der Waals surface area contributed by atoms with Gasteiger partial charge in [-0.15, -0.1) is 0 Å². The second-order valence-electron chi connectivity index (χ2n) is 8.73. The molecule has 0 N–H and O–H groups in total. The van der Waals surface area contributed by atoms with Crippen LogP contribution in [0.2, 0.25) is 0 Å². The topological polar surface area (TPSA) is 55.8 Å². The molecular formula is C21H28I3NO4. The summed E-state index contributed by atoms with van der Waals surface area (Å²) in [6.45, 7) is 8.71. The number of ether oxygens (including phenoxy) is 2. The minimum Gasteiger partial charge on any atom is -0.462 e. The van der Waals surface area contributed by atoms with E-state index in [1.54, 1.807) is 0 Å². The summed E-state index contributed by atoms with van der Waals surface area (Å²) in [4.78, 5) is 26.9. The van der Waals surface area contributed by atoms with Gasteiger partial charge in [0.05, 0.1) is 7.14 Å². The van der Waals surface area contributed by atoms with Crippen LogP contribution in [0, 0.1) is 10.7 Å². The van der Waals surface area contributed by atoms with Gasteiger partial charge >= 0.3 is 11.9 Å². The van der Waals surface area contributed by atoms with Crippen molar-refractivity contribution in [2.75, 3.05) is 7.05 Å². The summed E-state index contributed by atoms with van der Waals surface area (Å²) < 4.78 is 14.2. The Morgan fingerprint density at radius 2 is 1.48 bits per heavy atom. The van der Waals surface area contributed by atoms with Crippen LogP contribution in [0.1, 0.15) is 59.8 Å². The Morgan fingerprint density at radius 3 is 2.00 bits per heavy atom. The molecule has 0 spiro atoms. The van der Waals surface area contributed by atoms with E-state index in [0.29, 0.717) is 12.2 Å². The normalized spacial score (nSPS) is 19.0. The zero-order valence-electron chi connectivity index (χ0n) is 17.5. The molecule has 1 aromatic carbocycles. The van der Waals surface area contributed by atoms with Crippen molar-refractivity contribution in [2.24, 2.45) is 0 Å². The molecule has 0 radical (unpaired) electrons. The fraction of sp³-hybridized carbons (Fsp3) is 0.619. The maximum Gasteiger partial charge on any atom is 0.311 e. The van der Waals surface area contributed by atoms with E-state index < -0.39 is 0 Å². The molecule has 162 valence electrons. The lowest BCUT2D eigenvalue weighted by Crippen LogP contribution is -2.60. The number of hydrogen-bond acceptors (Lipinski definition) is 5. The minimum absolute atomic E-state index is 0.0295. The number of hydrogen-bond donors (Lipinski definition) is 0. The third-order valence-electron chi connectivity index (χ3n) is 5.51. The molecule has 1 aliphatic heterocycles. The average Bonchev–Trinajstić information content (AvgIpc) is 2.55. The summed E-state index contributed by atoms with van der Waals surface area (Å²) in [7, 11) is 2.12. The van der Waals surface area contributed by atoms with Crippen LogP contribution in [-0.2, 0) is 14.3 Å². The van der Waals surface area contributed by atoms with Crippen molar-refractivity contribution in [3.05, 3.63) is 22.8 Å². The number of likely N-dealkylation sites (tertiary alicyclic amines) is 1. The summed E-state index contributed by atoms with van der Waals surface area (Å²) in [6, 6.07) is 3.93. The van der Waals surface area contributed by atoms with Crippen molar-refractivity contribution < 1.29 is 19.1 Å². The van der Waals surface area contributed by atoms with E-state index in [1.807, 2.05) is 12.1 Å². The molecule has 1 saturated heterocycles. The molecule has 0 aliphatic carbocycles. The Labute approximate surface area is 214 Å². The second kappa shape index (κ2) is 10.3. The predicted octanol–water partition coefficient (Wildman–Crippen LogP) is 5.77. The smallest absolute Gasteiger partial charge is 0.311 e. The van der Waals surface area contributed by atoms with Crippen molar-refractivity contribution >= 4 is 79.7 Å². The van der Waals surface area contributed by atoms with Crippen LogP contribution in [0.5, 0.6) is 5.75 Å². The average molecular weight is 739 g/mol. The third kappa shape index (κ3) is 7.16. The first-order valence-corrected chi connectivity index (χ1v) is 12.8. The van der Waals surface area contributed by atoms with E-state index in [1.165, 1.54) is 0 Å². The van der Waals surface area contributed by atoms with Gasteiger partial charge in [-0.1, -0.05) is 0 Å². The molecular weight excluding hydrogens is 711 g/mol. The molecule has 0 unspecified atom stereocenters. The summed E-state index contributed by atoms with van der Waals surface area (Å²) in [6.07, 6.45) is 2.37. The van der Waals surface area contributed by atoms with Crippen molar-refractivity contribution in [3.63, 3.8) is 0 Å². The van der Waals surface area contributed by atoms with Gasteiger partial charge in [0, 0.05) is 40.3 Å². The summed E-state index contributed by atoms with van der Waals surface area (Å²) >= 11 is 6.57. The highest BCUT2D eigenvalue weighted by atomic mass is 127. The zero-order chi connectivity index (χ0) is 22.0. The molecule has 0 bridgehead atoms. The quantitative estimate of drug-likeness (QED) is 0.211. The largest absolute Gasteiger partial charge is 0.462 e. The summed E-state index contributed by atoms with van der Waals surface area (Å²) in [5.41, 5.74) is -0.0589. The van der Waals surface area contributed by atoms with Gasteiger partial charge in [-0.25, -0.2) is 0 Å². The standard InChI is InChI=1S/C21H28I3NO4/c1-20(2)11-14(12-21(3,4)25(20)5)28-17(26)7-6-8-18(27)29-19-15(23)9-13(22)10-16(19)24/h9-10,14H,6-8,11-12H2,1-5H3. The lowest BCUT2D eigenvalue weighted by Gasteiger charge is -2.53. The molecule has 0 atom stereocenters. The Bertz CT molecular complexity index is 738. The first-order valence-electron chi connectivity index (χ1n) is 9.60. The molecule has 1 heterocycles.